The number of fused-ring (bicyclic) bond motifs is 1. The summed E-state index contributed by atoms with van der Waals surface area (Å²) in [6.07, 6.45) is 5.32. The first-order valence-electron chi connectivity index (χ1n) is 9.11. The van der Waals surface area contributed by atoms with E-state index in [1.54, 1.807) is 7.11 Å². The smallest absolute Gasteiger partial charge is 0.274 e. The van der Waals surface area contributed by atoms with E-state index in [0.717, 1.165) is 56.6 Å². The summed E-state index contributed by atoms with van der Waals surface area (Å²) in [4.78, 5) is 14.9. The minimum atomic E-state index is -0.0238. The van der Waals surface area contributed by atoms with Gasteiger partial charge in [-0.2, -0.15) is 5.10 Å². The molecule has 24 heavy (non-hydrogen) atoms. The van der Waals surface area contributed by atoms with Gasteiger partial charge in [0.2, 0.25) is 0 Å². The highest BCUT2D eigenvalue weighted by molar-refractivity contribution is 5.94. The number of aromatic amines is 1. The number of aromatic nitrogens is 2. The monoisotopic (exact) mass is 335 g/mol. The number of nitrogens with one attached hydrogen (secondary N) is 1. The molecule has 0 unspecified atom stereocenters. The minimum absolute atomic E-state index is 0.0238. The van der Waals surface area contributed by atoms with Crippen LogP contribution in [0.15, 0.2) is 0 Å². The van der Waals surface area contributed by atoms with Gasteiger partial charge in [0.1, 0.15) is 0 Å². The van der Waals surface area contributed by atoms with Crippen LogP contribution in [0, 0.1) is 5.92 Å². The average Bonchev–Trinajstić information content (AvgIpc) is 2.99. The molecule has 0 spiro atoms. The van der Waals surface area contributed by atoms with Crippen molar-refractivity contribution in [2.75, 3.05) is 26.8 Å². The zero-order valence-electron chi connectivity index (χ0n) is 15.0. The fourth-order valence-corrected chi connectivity index (χ4v) is 3.94. The van der Waals surface area contributed by atoms with Crippen molar-refractivity contribution >= 4 is 5.91 Å². The summed E-state index contributed by atoms with van der Waals surface area (Å²) in [6, 6.07) is 0. The predicted octanol–water partition coefficient (Wildman–Crippen LogP) is 2.71. The van der Waals surface area contributed by atoms with Crippen molar-refractivity contribution in [3.8, 4) is 0 Å². The van der Waals surface area contributed by atoms with Crippen LogP contribution < -0.4 is 0 Å². The summed E-state index contributed by atoms with van der Waals surface area (Å²) in [5, 5.41) is 7.35. The number of ether oxygens (including phenoxy) is 2. The molecule has 3 rings (SSSR count). The SMILES string of the molecule is COCCCC1CCN(C(=O)c2n[nH]c3c2C[C@H](C)O[C@@H]3C)CC1. The number of methoxy groups -OCH3 is 1. The summed E-state index contributed by atoms with van der Waals surface area (Å²) in [6.45, 7) is 6.55. The molecular weight excluding hydrogens is 306 g/mol. The molecule has 0 bridgehead atoms. The Morgan fingerprint density at radius 3 is 2.83 bits per heavy atom. The van der Waals surface area contributed by atoms with Crippen molar-refractivity contribution in [3.63, 3.8) is 0 Å². The van der Waals surface area contributed by atoms with Gasteiger partial charge in [-0.15, -0.1) is 0 Å². The van der Waals surface area contributed by atoms with Crippen molar-refractivity contribution in [2.24, 2.45) is 5.92 Å². The number of hydrogen-bond acceptors (Lipinski definition) is 4. The summed E-state index contributed by atoms with van der Waals surface area (Å²) in [5.41, 5.74) is 2.62. The van der Waals surface area contributed by atoms with Crippen LogP contribution in [-0.2, 0) is 15.9 Å². The summed E-state index contributed by atoms with van der Waals surface area (Å²) >= 11 is 0. The van der Waals surface area contributed by atoms with E-state index >= 15 is 0 Å². The van der Waals surface area contributed by atoms with E-state index in [-0.39, 0.29) is 18.1 Å². The predicted molar refractivity (Wildman–Crippen MR) is 91.0 cm³/mol. The second-order valence-corrected chi connectivity index (χ2v) is 7.13. The maximum absolute atomic E-state index is 12.9. The van der Waals surface area contributed by atoms with Crippen molar-refractivity contribution in [2.45, 2.75) is 58.2 Å². The van der Waals surface area contributed by atoms with Crippen LogP contribution in [-0.4, -0.2) is 53.9 Å². The molecule has 0 aliphatic carbocycles. The van der Waals surface area contributed by atoms with Crippen LogP contribution in [0.3, 0.4) is 0 Å². The quantitative estimate of drug-likeness (QED) is 0.840. The van der Waals surface area contributed by atoms with E-state index in [9.17, 15) is 4.79 Å². The highest BCUT2D eigenvalue weighted by atomic mass is 16.5. The zero-order chi connectivity index (χ0) is 17.1. The molecule has 1 aromatic rings. The van der Waals surface area contributed by atoms with Crippen LogP contribution in [0.25, 0.3) is 0 Å². The second kappa shape index (κ2) is 7.66. The molecule has 1 N–H and O–H groups in total. The lowest BCUT2D eigenvalue weighted by molar-refractivity contribution is -0.00703. The van der Waals surface area contributed by atoms with Gasteiger partial charge in [0.05, 0.1) is 17.9 Å². The van der Waals surface area contributed by atoms with Gasteiger partial charge in [0, 0.05) is 38.8 Å². The number of rotatable bonds is 5. The number of carbonyl (C=O) groups excluding carboxylic acids is 1. The van der Waals surface area contributed by atoms with Crippen LogP contribution in [0.1, 0.15) is 67.4 Å². The number of nitrogens with zero attached hydrogens (tertiary/aromatic N) is 2. The normalized spacial score (nSPS) is 24.9. The molecule has 1 aromatic heterocycles. The summed E-state index contributed by atoms with van der Waals surface area (Å²) in [5.74, 6) is 0.787. The zero-order valence-corrected chi connectivity index (χ0v) is 15.0. The first kappa shape index (κ1) is 17.4. The van der Waals surface area contributed by atoms with Gasteiger partial charge in [-0.05, 0) is 45.4 Å². The Kier molecular flexibility index (Phi) is 5.56. The van der Waals surface area contributed by atoms with Crippen molar-refractivity contribution in [3.05, 3.63) is 17.0 Å². The van der Waals surface area contributed by atoms with E-state index in [0.29, 0.717) is 11.6 Å². The maximum Gasteiger partial charge on any atom is 0.274 e. The number of piperidine rings is 1. The highest BCUT2D eigenvalue weighted by Crippen LogP contribution is 2.31. The van der Waals surface area contributed by atoms with Crippen molar-refractivity contribution in [1.82, 2.24) is 15.1 Å². The van der Waals surface area contributed by atoms with Crippen LogP contribution in [0.5, 0.6) is 0 Å². The molecule has 2 atom stereocenters. The van der Waals surface area contributed by atoms with E-state index in [4.69, 9.17) is 9.47 Å². The Bertz CT molecular complexity index is 564. The molecule has 0 saturated carbocycles. The first-order chi connectivity index (χ1) is 11.6. The minimum Gasteiger partial charge on any atom is -0.385 e. The third-order valence-electron chi connectivity index (χ3n) is 5.30. The number of hydrogen-bond donors (Lipinski definition) is 1. The molecular formula is C18H29N3O3. The standard InChI is InChI=1S/C18H29N3O3/c1-12-11-15-16(13(2)24-12)19-20-17(15)18(22)21-8-6-14(7-9-21)5-4-10-23-3/h12-14H,4-11H2,1-3H3,(H,19,20)/t12-,13+/m0/s1. The molecule has 1 fully saturated rings. The molecule has 0 aromatic carbocycles. The Labute approximate surface area is 143 Å². The topological polar surface area (TPSA) is 67.5 Å². The molecule has 134 valence electrons. The van der Waals surface area contributed by atoms with Gasteiger partial charge >= 0.3 is 0 Å². The lowest BCUT2D eigenvalue weighted by Crippen LogP contribution is -2.39. The molecule has 6 heteroatoms. The Hall–Kier alpha value is -1.40. The van der Waals surface area contributed by atoms with E-state index in [1.165, 1.54) is 6.42 Å². The first-order valence-corrected chi connectivity index (χ1v) is 9.11. The van der Waals surface area contributed by atoms with E-state index in [2.05, 4.69) is 10.2 Å². The Morgan fingerprint density at radius 1 is 1.38 bits per heavy atom. The van der Waals surface area contributed by atoms with Crippen LogP contribution in [0.4, 0.5) is 0 Å². The molecule has 3 heterocycles. The maximum atomic E-state index is 12.9. The van der Waals surface area contributed by atoms with Crippen LogP contribution in [0.2, 0.25) is 0 Å². The van der Waals surface area contributed by atoms with Crippen molar-refractivity contribution < 1.29 is 14.3 Å². The van der Waals surface area contributed by atoms with Gasteiger partial charge in [0.25, 0.3) is 5.91 Å². The number of carbonyl (C=O) groups is 1. The largest absolute Gasteiger partial charge is 0.385 e. The number of amides is 1. The lowest BCUT2D eigenvalue weighted by Gasteiger charge is -2.32. The molecule has 2 aliphatic heterocycles. The number of H-pyrrole nitrogens is 1. The molecule has 2 aliphatic rings. The molecule has 1 saturated heterocycles. The van der Waals surface area contributed by atoms with Gasteiger partial charge in [-0.25, -0.2) is 0 Å². The summed E-state index contributed by atoms with van der Waals surface area (Å²) < 4.78 is 10.9. The van der Waals surface area contributed by atoms with E-state index < -0.39 is 0 Å². The van der Waals surface area contributed by atoms with Gasteiger partial charge < -0.3 is 14.4 Å². The van der Waals surface area contributed by atoms with Crippen molar-refractivity contribution in [1.29, 1.82) is 0 Å². The molecule has 1 amide bonds. The van der Waals surface area contributed by atoms with Crippen LogP contribution >= 0.6 is 0 Å². The second-order valence-electron chi connectivity index (χ2n) is 7.13. The van der Waals surface area contributed by atoms with E-state index in [1.807, 2.05) is 18.7 Å². The highest BCUT2D eigenvalue weighted by Gasteiger charge is 2.32. The molecule has 6 nitrogen and oxygen atoms in total. The Balaban J connectivity index is 1.60. The Morgan fingerprint density at radius 2 is 2.12 bits per heavy atom. The summed E-state index contributed by atoms with van der Waals surface area (Å²) in [7, 11) is 1.75. The third kappa shape index (κ3) is 3.64. The van der Waals surface area contributed by atoms with Gasteiger partial charge in [-0.1, -0.05) is 0 Å². The fourth-order valence-electron chi connectivity index (χ4n) is 3.94. The lowest BCUT2D eigenvalue weighted by atomic mass is 9.92. The third-order valence-corrected chi connectivity index (χ3v) is 5.30. The van der Waals surface area contributed by atoms with Gasteiger partial charge in [-0.3, -0.25) is 9.89 Å². The average molecular weight is 335 g/mol. The van der Waals surface area contributed by atoms with Gasteiger partial charge in [0.15, 0.2) is 5.69 Å². The molecule has 0 radical (unpaired) electrons. The number of likely N-dealkylation sites (tertiary alicyclic amines) is 1. The fraction of sp³-hybridized carbons (Fsp3) is 0.778.